The van der Waals surface area contributed by atoms with Crippen molar-refractivity contribution in [3.63, 3.8) is 0 Å². The van der Waals surface area contributed by atoms with E-state index >= 15 is 0 Å². The molecular weight excluding hydrogens is 338 g/mol. The summed E-state index contributed by atoms with van der Waals surface area (Å²) in [5.41, 5.74) is 0. The highest BCUT2D eigenvalue weighted by molar-refractivity contribution is 9.10. The van der Waals surface area contributed by atoms with Gasteiger partial charge in [-0.25, -0.2) is 4.39 Å². The van der Waals surface area contributed by atoms with Gasteiger partial charge in [-0.2, -0.15) is 0 Å². The van der Waals surface area contributed by atoms with Crippen LogP contribution in [-0.4, -0.2) is 37.9 Å². The van der Waals surface area contributed by atoms with Crippen molar-refractivity contribution >= 4 is 27.5 Å². The Morgan fingerprint density at radius 3 is 2.84 bits per heavy atom. The van der Waals surface area contributed by atoms with Crippen LogP contribution in [0.15, 0.2) is 22.7 Å². The fourth-order valence-electron chi connectivity index (χ4n) is 1.86. The van der Waals surface area contributed by atoms with Crippen LogP contribution in [0.5, 0.6) is 5.75 Å². The molecule has 0 radical (unpaired) electrons. The SMILES string of the molecule is COCCOC1C(Cl)CC1Oc1ccc(F)cc1Br. The summed E-state index contributed by atoms with van der Waals surface area (Å²) in [6.45, 7) is 1.00. The van der Waals surface area contributed by atoms with Crippen molar-refractivity contribution in [3.8, 4) is 5.75 Å². The minimum Gasteiger partial charge on any atom is -0.486 e. The molecule has 0 saturated heterocycles. The highest BCUT2D eigenvalue weighted by Crippen LogP contribution is 2.35. The van der Waals surface area contributed by atoms with E-state index in [0.29, 0.717) is 29.9 Å². The first-order valence-electron chi connectivity index (χ1n) is 5.98. The van der Waals surface area contributed by atoms with Crippen LogP contribution in [0.3, 0.4) is 0 Å². The second-order valence-electron chi connectivity index (χ2n) is 4.31. The van der Waals surface area contributed by atoms with Crippen molar-refractivity contribution in [1.29, 1.82) is 0 Å². The number of hydrogen-bond donors (Lipinski definition) is 0. The highest BCUT2D eigenvalue weighted by Gasteiger charge is 2.43. The molecule has 3 unspecified atom stereocenters. The summed E-state index contributed by atoms with van der Waals surface area (Å²) >= 11 is 9.37. The number of hydrogen-bond acceptors (Lipinski definition) is 3. The van der Waals surface area contributed by atoms with Gasteiger partial charge < -0.3 is 14.2 Å². The molecule has 0 heterocycles. The smallest absolute Gasteiger partial charge is 0.134 e. The highest BCUT2D eigenvalue weighted by atomic mass is 79.9. The summed E-state index contributed by atoms with van der Waals surface area (Å²) in [5.74, 6) is 0.284. The second-order valence-corrected chi connectivity index (χ2v) is 5.73. The van der Waals surface area contributed by atoms with E-state index in [4.69, 9.17) is 25.8 Å². The average molecular weight is 354 g/mol. The number of alkyl halides is 1. The molecule has 19 heavy (non-hydrogen) atoms. The number of rotatable bonds is 6. The third-order valence-corrected chi connectivity index (χ3v) is 4.00. The van der Waals surface area contributed by atoms with Gasteiger partial charge in [-0.05, 0) is 34.1 Å². The molecule has 0 aliphatic heterocycles. The summed E-state index contributed by atoms with van der Waals surface area (Å²) < 4.78 is 29.9. The van der Waals surface area contributed by atoms with E-state index in [1.807, 2.05) is 0 Å². The van der Waals surface area contributed by atoms with E-state index in [9.17, 15) is 4.39 Å². The molecule has 0 spiro atoms. The molecule has 1 saturated carbocycles. The topological polar surface area (TPSA) is 27.7 Å². The van der Waals surface area contributed by atoms with Gasteiger partial charge in [-0.1, -0.05) is 0 Å². The van der Waals surface area contributed by atoms with Gasteiger partial charge in [-0.3, -0.25) is 0 Å². The van der Waals surface area contributed by atoms with E-state index < -0.39 is 0 Å². The number of halogens is 3. The standard InChI is InChI=1S/C13H15BrClFO3/c1-17-4-5-18-13-10(15)7-12(13)19-11-3-2-8(16)6-9(11)14/h2-3,6,10,12-13H,4-5,7H2,1H3. The normalized spacial score (nSPS) is 26.0. The lowest BCUT2D eigenvalue weighted by Gasteiger charge is -2.40. The molecule has 3 atom stereocenters. The van der Waals surface area contributed by atoms with Gasteiger partial charge in [0.25, 0.3) is 0 Å². The fourth-order valence-corrected chi connectivity index (χ4v) is 2.71. The van der Waals surface area contributed by atoms with Gasteiger partial charge in [0.2, 0.25) is 0 Å². The fraction of sp³-hybridized carbons (Fsp3) is 0.538. The van der Waals surface area contributed by atoms with Gasteiger partial charge in [0.15, 0.2) is 0 Å². The maximum absolute atomic E-state index is 13.0. The van der Waals surface area contributed by atoms with E-state index in [-0.39, 0.29) is 23.4 Å². The zero-order valence-electron chi connectivity index (χ0n) is 10.4. The predicted octanol–water partition coefficient (Wildman–Crippen LogP) is 3.38. The first-order valence-corrected chi connectivity index (χ1v) is 7.21. The summed E-state index contributed by atoms with van der Waals surface area (Å²) in [6, 6.07) is 4.32. The number of benzene rings is 1. The molecular formula is C13H15BrClFO3. The Labute approximate surface area is 125 Å². The first-order chi connectivity index (χ1) is 9.11. The van der Waals surface area contributed by atoms with Crippen LogP contribution in [0.1, 0.15) is 6.42 Å². The van der Waals surface area contributed by atoms with Crippen molar-refractivity contribution in [2.75, 3.05) is 20.3 Å². The maximum Gasteiger partial charge on any atom is 0.134 e. The molecule has 1 aromatic rings. The Hall–Kier alpha value is -0.360. The van der Waals surface area contributed by atoms with Gasteiger partial charge >= 0.3 is 0 Å². The molecule has 6 heteroatoms. The molecule has 1 aliphatic carbocycles. The lowest BCUT2D eigenvalue weighted by molar-refractivity contribution is -0.0900. The summed E-state index contributed by atoms with van der Waals surface area (Å²) in [7, 11) is 1.62. The van der Waals surface area contributed by atoms with Gasteiger partial charge in [0, 0.05) is 13.5 Å². The molecule has 3 nitrogen and oxygen atoms in total. The molecule has 106 valence electrons. The summed E-state index contributed by atoms with van der Waals surface area (Å²) in [4.78, 5) is 0. The first kappa shape index (κ1) is 15.0. The number of ether oxygens (including phenoxy) is 3. The Morgan fingerprint density at radius 1 is 1.42 bits per heavy atom. The Balaban J connectivity index is 1.91. The van der Waals surface area contributed by atoms with Crippen LogP contribution >= 0.6 is 27.5 Å². The van der Waals surface area contributed by atoms with Crippen LogP contribution < -0.4 is 4.74 Å². The molecule has 1 aromatic carbocycles. The molecule has 0 aromatic heterocycles. The van der Waals surface area contributed by atoms with E-state index in [1.54, 1.807) is 13.2 Å². The molecule has 2 rings (SSSR count). The largest absolute Gasteiger partial charge is 0.486 e. The van der Waals surface area contributed by atoms with Crippen LogP contribution in [0.25, 0.3) is 0 Å². The van der Waals surface area contributed by atoms with Crippen LogP contribution in [0, 0.1) is 5.82 Å². The quantitative estimate of drug-likeness (QED) is 0.580. The van der Waals surface area contributed by atoms with Crippen LogP contribution in [-0.2, 0) is 9.47 Å². The van der Waals surface area contributed by atoms with Crippen molar-refractivity contribution in [1.82, 2.24) is 0 Å². The average Bonchev–Trinajstić information content (AvgIpc) is 2.37. The van der Waals surface area contributed by atoms with E-state index in [1.165, 1.54) is 12.1 Å². The number of methoxy groups -OCH3 is 1. The predicted molar refractivity (Wildman–Crippen MR) is 74.4 cm³/mol. The van der Waals surface area contributed by atoms with Gasteiger partial charge in [-0.15, -0.1) is 11.6 Å². The van der Waals surface area contributed by atoms with Crippen molar-refractivity contribution in [3.05, 3.63) is 28.5 Å². The molecule has 1 aliphatic rings. The Kier molecular flexibility index (Phi) is 5.45. The monoisotopic (exact) mass is 352 g/mol. The lowest BCUT2D eigenvalue weighted by atomic mass is 9.91. The third-order valence-electron chi connectivity index (χ3n) is 2.95. The van der Waals surface area contributed by atoms with Crippen LogP contribution in [0.2, 0.25) is 0 Å². The van der Waals surface area contributed by atoms with Crippen molar-refractivity contribution in [2.24, 2.45) is 0 Å². The molecule has 0 bridgehead atoms. The zero-order chi connectivity index (χ0) is 13.8. The van der Waals surface area contributed by atoms with E-state index in [2.05, 4.69) is 15.9 Å². The summed E-state index contributed by atoms with van der Waals surface area (Å²) in [5, 5.41) is -0.0546. The Morgan fingerprint density at radius 2 is 2.21 bits per heavy atom. The van der Waals surface area contributed by atoms with Gasteiger partial charge in [0.1, 0.15) is 23.8 Å². The van der Waals surface area contributed by atoms with E-state index in [0.717, 1.165) is 0 Å². The van der Waals surface area contributed by atoms with Crippen molar-refractivity contribution in [2.45, 2.75) is 24.0 Å². The zero-order valence-corrected chi connectivity index (χ0v) is 12.8. The Bertz CT molecular complexity index is 432. The maximum atomic E-state index is 13.0. The van der Waals surface area contributed by atoms with Crippen LogP contribution in [0.4, 0.5) is 4.39 Å². The molecule has 0 amide bonds. The van der Waals surface area contributed by atoms with Gasteiger partial charge in [0.05, 0.1) is 23.1 Å². The van der Waals surface area contributed by atoms with Crippen molar-refractivity contribution < 1.29 is 18.6 Å². The molecule has 0 N–H and O–H groups in total. The minimum atomic E-state index is -0.309. The lowest BCUT2D eigenvalue weighted by Crippen LogP contribution is -2.53. The molecule has 1 fully saturated rings. The second kappa shape index (κ2) is 6.88. The summed E-state index contributed by atoms with van der Waals surface area (Å²) in [6.07, 6.45) is 0.443. The third kappa shape index (κ3) is 3.81. The minimum absolute atomic E-state index is 0.0546.